The number of aromatic nitrogens is 5. The van der Waals surface area contributed by atoms with Crippen LogP contribution in [-0.4, -0.2) is 25.1 Å². The van der Waals surface area contributed by atoms with Crippen molar-refractivity contribution in [2.75, 3.05) is 5.32 Å². The summed E-state index contributed by atoms with van der Waals surface area (Å²) in [6.45, 7) is 0. The predicted octanol–water partition coefficient (Wildman–Crippen LogP) is 5.91. The number of nitrogens with zero attached hydrogens (tertiary/aromatic N) is 4. The number of benzene rings is 2. The van der Waals surface area contributed by atoms with Crippen molar-refractivity contribution in [1.29, 1.82) is 0 Å². The maximum atomic E-state index is 13.5. The molecule has 0 spiro atoms. The smallest absolute Gasteiger partial charge is 0.307 e. The van der Waals surface area contributed by atoms with Crippen LogP contribution in [0.5, 0.6) is 0 Å². The van der Waals surface area contributed by atoms with E-state index in [2.05, 4.69) is 30.5 Å². The van der Waals surface area contributed by atoms with Crippen molar-refractivity contribution in [3.63, 3.8) is 0 Å². The fraction of sp³-hybridized carbons (Fsp3) is 0.0476. The monoisotopic (exact) mass is 438 g/mol. The molecule has 3 aromatic heterocycles. The van der Waals surface area contributed by atoms with Crippen molar-refractivity contribution in [1.82, 2.24) is 25.1 Å². The van der Waals surface area contributed by atoms with Crippen LogP contribution in [-0.2, 0) is 6.18 Å². The van der Waals surface area contributed by atoms with Gasteiger partial charge in [0.1, 0.15) is 5.82 Å². The Bertz CT molecular complexity index is 1360. The first-order valence-electron chi connectivity index (χ1n) is 9.16. The Labute approximate surface area is 177 Å². The normalized spacial score (nSPS) is 11.7. The summed E-state index contributed by atoms with van der Waals surface area (Å²) in [6, 6.07) is 16.1. The molecule has 0 aliphatic heterocycles. The largest absolute Gasteiger partial charge is 0.417 e. The number of anilines is 2. The van der Waals surface area contributed by atoms with E-state index in [0.717, 1.165) is 10.9 Å². The Morgan fingerprint density at radius 2 is 1.68 bits per heavy atom. The van der Waals surface area contributed by atoms with Gasteiger partial charge in [0, 0.05) is 10.9 Å². The number of hydrogen-bond donors (Lipinski definition) is 2. The number of hydrogen-bond acceptors (Lipinski definition) is 6. The standard InChI is InChI=1S/C21H13F3N6S/c22-21(23,24)14-8-3-1-6-12(14)17-25-15-9-4-2-7-13(15)18(26-17)27-20-28-19(29-30-20)16-10-5-11-31-16/h1-11H,(H2,25,26,27,28,29,30). The van der Waals surface area contributed by atoms with Crippen molar-refractivity contribution in [2.45, 2.75) is 6.18 Å². The van der Waals surface area contributed by atoms with Crippen LogP contribution in [0, 0.1) is 0 Å². The first-order valence-corrected chi connectivity index (χ1v) is 10.0. The van der Waals surface area contributed by atoms with E-state index >= 15 is 0 Å². The van der Waals surface area contributed by atoms with Crippen molar-refractivity contribution in [2.24, 2.45) is 0 Å². The average Bonchev–Trinajstić information content (AvgIpc) is 3.45. The number of nitrogens with one attached hydrogen (secondary N) is 2. The third-order valence-corrected chi connectivity index (χ3v) is 5.42. The average molecular weight is 438 g/mol. The molecule has 10 heteroatoms. The maximum Gasteiger partial charge on any atom is 0.417 e. The number of alkyl halides is 3. The SMILES string of the molecule is FC(F)(F)c1ccccc1-c1nc(Nc2n[nH]c(-c3cccs3)n2)c2ccccc2n1. The second-order valence-electron chi connectivity index (χ2n) is 6.57. The minimum Gasteiger partial charge on any atom is -0.307 e. The van der Waals surface area contributed by atoms with Crippen molar-refractivity contribution >= 4 is 34.0 Å². The number of H-pyrrole nitrogens is 1. The lowest BCUT2D eigenvalue weighted by molar-refractivity contribution is -0.137. The first-order chi connectivity index (χ1) is 15.0. The topological polar surface area (TPSA) is 79.4 Å². The lowest BCUT2D eigenvalue weighted by Gasteiger charge is -2.13. The van der Waals surface area contributed by atoms with Crippen LogP contribution in [0.15, 0.2) is 66.0 Å². The van der Waals surface area contributed by atoms with Gasteiger partial charge in [0.25, 0.3) is 0 Å². The molecule has 0 saturated heterocycles. The van der Waals surface area contributed by atoms with E-state index in [1.54, 1.807) is 24.3 Å². The number of fused-ring (bicyclic) bond motifs is 1. The molecule has 5 rings (SSSR count). The van der Waals surface area contributed by atoms with Crippen LogP contribution < -0.4 is 5.32 Å². The van der Waals surface area contributed by atoms with Crippen LogP contribution in [0.25, 0.3) is 33.0 Å². The zero-order valence-electron chi connectivity index (χ0n) is 15.7. The van der Waals surface area contributed by atoms with Crippen LogP contribution in [0.1, 0.15) is 5.56 Å². The van der Waals surface area contributed by atoms with Gasteiger partial charge in [-0.05, 0) is 29.6 Å². The molecule has 0 aliphatic carbocycles. The molecule has 2 N–H and O–H groups in total. The zero-order valence-corrected chi connectivity index (χ0v) is 16.5. The van der Waals surface area contributed by atoms with Crippen LogP contribution in [0.2, 0.25) is 0 Å². The van der Waals surface area contributed by atoms with Gasteiger partial charge in [-0.25, -0.2) is 9.97 Å². The molecule has 3 heterocycles. The van der Waals surface area contributed by atoms with Gasteiger partial charge >= 0.3 is 6.18 Å². The summed E-state index contributed by atoms with van der Waals surface area (Å²) in [7, 11) is 0. The molecule has 5 aromatic rings. The molecule has 31 heavy (non-hydrogen) atoms. The molecule has 0 fully saturated rings. The minimum absolute atomic E-state index is 0.0388. The van der Waals surface area contributed by atoms with Crippen molar-refractivity contribution in [3.05, 3.63) is 71.6 Å². The van der Waals surface area contributed by atoms with Gasteiger partial charge in [-0.2, -0.15) is 18.2 Å². The minimum atomic E-state index is -4.53. The van der Waals surface area contributed by atoms with Gasteiger partial charge < -0.3 is 5.32 Å². The Morgan fingerprint density at radius 1 is 0.871 bits per heavy atom. The van der Waals surface area contributed by atoms with Gasteiger partial charge in [-0.3, -0.25) is 5.10 Å². The van der Waals surface area contributed by atoms with Crippen molar-refractivity contribution in [3.8, 4) is 22.1 Å². The van der Waals surface area contributed by atoms with E-state index in [1.165, 1.54) is 29.5 Å². The van der Waals surface area contributed by atoms with Gasteiger partial charge in [0.05, 0.1) is 16.0 Å². The quantitative estimate of drug-likeness (QED) is 0.365. The molecular formula is C21H13F3N6S. The Kier molecular flexibility index (Phi) is 4.63. The summed E-state index contributed by atoms with van der Waals surface area (Å²) >= 11 is 1.51. The molecule has 0 bridgehead atoms. The highest BCUT2D eigenvalue weighted by Crippen LogP contribution is 2.37. The van der Waals surface area contributed by atoms with Crippen LogP contribution >= 0.6 is 11.3 Å². The molecule has 154 valence electrons. The molecular weight excluding hydrogens is 425 g/mol. The lowest BCUT2D eigenvalue weighted by Crippen LogP contribution is -2.09. The highest BCUT2D eigenvalue weighted by molar-refractivity contribution is 7.13. The molecule has 0 radical (unpaired) electrons. The number of aromatic amines is 1. The van der Waals surface area contributed by atoms with E-state index < -0.39 is 11.7 Å². The molecule has 2 aromatic carbocycles. The van der Waals surface area contributed by atoms with E-state index in [0.29, 0.717) is 22.5 Å². The summed E-state index contributed by atoms with van der Waals surface area (Å²) in [4.78, 5) is 14.1. The molecule has 0 saturated carbocycles. The summed E-state index contributed by atoms with van der Waals surface area (Å²) in [6.07, 6.45) is -4.53. The van der Waals surface area contributed by atoms with Gasteiger partial charge in [0.2, 0.25) is 5.95 Å². The van der Waals surface area contributed by atoms with E-state index in [-0.39, 0.29) is 17.3 Å². The van der Waals surface area contributed by atoms with Gasteiger partial charge in [-0.1, -0.05) is 36.4 Å². The van der Waals surface area contributed by atoms with Gasteiger partial charge in [0.15, 0.2) is 11.6 Å². The second-order valence-corrected chi connectivity index (χ2v) is 7.51. The van der Waals surface area contributed by atoms with Gasteiger partial charge in [-0.15, -0.1) is 16.4 Å². The summed E-state index contributed by atoms with van der Waals surface area (Å²) in [5.41, 5.74) is -0.395. The molecule has 0 atom stereocenters. The second kappa shape index (κ2) is 7.47. The third-order valence-electron chi connectivity index (χ3n) is 4.55. The third kappa shape index (κ3) is 3.73. The Morgan fingerprint density at radius 3 is 2.48 bits per heavy atom. The Balaban J connectivity index is 1.61. The highest BCUT2D eigenvalue weighted by Gasteiger charge is 2.34. The van der Waals surface area contributed by atoms with Crippen molar-refractivity contribution < 1.29 is 13.2 Å². The van der Waals surface area contributed by atoms with E-state index in [9.17, 15) is 13.2 Å². The van der Waals surface area contributed by atoms with Crippen LogP contribution in [0.3, 0.4) is 0 Å². The lowest BCUT2D eigenvalue weighted by atomic mass is 10.1. The number of halogens is 3. The fourth-order valence-corrected chi connectivity index (χ4v) is 3.83. The highest BCUT2D eigenvalue weighted by atomic mass is 32.1. The number of thiophene rings is 1. The molecule has 0 unspecified atom stereocenters. The predicted molar refractivity (Wildman–Crippen MR) is 113 cm³/mol. The summed E-state index contributed by atoms with van der Waals surface area (Å²) < 4.78 is 40.6. The number of rotatable bonds is 4. The number of para-hydroxylation sites is 1. The Hall–Kier alpha value is -3.79. The molecule has 6 nitrogen and oxygen atoms in total. The first kappa shape index (κ1) is 19.2. The molecule has 0 aliphatic rings. The zero-order chi connectivity index (χ0) is 21.4. The van der Waals surface area contributed by atoms with E-state index in [4.69, 9.17) is 0 Å². The fourth-order valence-electron chi connectivity index (χ4n) is 3.16. The maximum absolute atomic E-state index is 13.5. The summed E-state index contributed by atoms with van der Waals surface area (Å²) in [5, 5.41) is 12.6. The van der Waals surface area contributed by atoms with E-state index in [1.807, 2.05) is 17.5 Å². The van der Waals surface area contributed by atoms with Crippen LogP contribution in [0.4, 0.5) is 24.9 Å². The molecule has 0 amide bonds. The summed E-state index contributed by atoms with van der Waals surface area (Å²) in [5.74, 6) is 1.11.